The van der Waals surface area contributed by atoms with Crippen molar-refractivity contribution < 1.29 is 4.79 Å². The van der Waals surface area contributed by atoms with Crippen molar-refractivity contribution in [3.05, 3.63) is 0 Å². The second-order valence-corrected chi connectivity index (χ2v) is 8.60. The standard InChI is InChI=1S/C18H30O/c1-16(2)8-5-9-17(3)14(16)7-10-18(11-12-18)15(17)6-4-13-19/h13-15H,4-12H2,1-3H3/t14-,15+,17-/m0/s1. The number of hydrogen-bond acceptors (Lipinski definition) is 1. The van der Waals surface area contributed by atoms with Gasteiger partial charge in [-0.25, -0.2) is 0 Å². The summed E-state index contributed by atoms with van der Waals surface area (Å²) in [4.78, 5) is 10.9. The van der Waals surface area contributed by atoms with Crippen LogP contribution in [0.25, 0.3) is 0 Å². The Balaban J connectivity index is 1.91. The van der Waals surface area contributed by atoms with Gasteiger partial charge < -0.3 is 4.79 Å². The summed E-state index contributed by atoms with van der Waals surface area (Å²) < 4.78 is 0. The average molecular weight is 262 g/mol. The molecule has 0 N–H and O–H groups in total. The molecule has 3 aliphatic rings. The zero-order valence-corrected chi connectivity index (χ0v) is 13.0. The topological polar surface area (TPSA) is 17.1 Å². The van der Waals surface area contributed by atoms with Gasteiger partial charge in [0.15, 0.2) is 0 Å². The number of carbonyl (C=O) groups excluding carboxylic acids is 1. The van der Waals surface area contributed by atoms with Crippen LogP contribution in [0, 0.1) is 28.1 Å². The van der Waals surface area contributed by atoms with E-state index in [9.17, 15) is 4.79 Å². The summed E-state index contributed by atoms with van der Waals surface area (Å²) in [5.74, 6) is 1.71. The number of hydrogen-bond donors (Lipinski definition) is 0. The predicted molar refractivity (Wildman–Crippen MR) is 78.9 cm³/mol. The lowest BCUT2D eigenvalue weighted by molar-refractivity contribution is -0.116. The first-order valence-electron chi connectivity index (χ1n) is 8.38. The van der Waals surface area contributed by atoms with Gasteiger partial charge in [0.2, 0.25) is 0 Å². The highest BCUT2D eigenvalue weighted by Gasteiger charge is 2.62. The van der Waals surface area contributed by atoms with Crippen LogP contribution in [0.1, 0.15) is 78.6 Å². The zero-order valence-electron chi connectivity index (χ0n) is 13.0. The van der Waals surface area contributed by atoms with Crippen LogP contribution in [0.2, 0.25) is 0 Å². The largest absolute Gasteiger partial charge is 0.303 e. The third kappa shape index (κ3) is 1.99. The summed E-state index contributed by atoms with van der Waals surface area (Å²) in [6.45, 7) is 7.57. The highest BCUT2D eigenvalue weighted by molar-refractivity contribution is 5.49. The van der Waals surface area contributed by atoms with Crippen LogP contribution in [0.3, 0.4) is 0 Å². The molecule has 0 radical (unpaired) electrons. The van der Waals surface area contributed by atoms with E-state index in [1.54, 1.807) is 0 Å². The molecule has 0 heterocycles. The SMILES string of the molecule is CC1(C)CCC[C@@]2(C)[C@H]1CCC1(CC1)[C@@H]2CCC=O. The molecule has 0 aliphatic heterocycles. The van der Waals surface area contributed by atoms with Crippen molar-refractivity contribution in [2.75, 3.05) is 0 Å². The molecule has 3 rings (SSSR count). The first-order valence-corrected chi connectivity index (χ1v) is 8.38. The van der Waals surface area contributed by atoms with Crippen LogP contribution in [0.5, 0.6) is 0 Å². The number of rotatable bonds is 3. The van der Waals surface area contributed by atoms with Gasteiger partial charge in [-0.15, -0.1) is 0 Å². The van der Waals surface area contributed by atoms with Gasteiger partial charge in [-0.2, -0.15) is 0 Å². The molecular formula is C18H30O. The summed E-state index contributed by atoms with van der Waals surface area (Å²) in [6.07, 6.45) is 13.1. The smallest absolute Gasteiger partial charge is 0.120 e. The molecule has 0 aromatic rings. The maximum atomic E-state index is 10.9. The van der Waals surface area contributed by atoms with E-state index in [1.807, 2.05) is 0 Å². The highest BCUT2D eigenvalue weighted by atomic mass is 16.1. The minimum atomic E-state index is 0.513. The molecule has 3 fully saturated rings. The summed E-state index contributed by atoms with van der Waals surface area (Å²) in [5, 5.41) is 0. The first-order chi connectivity index (χ1) is 8.95. The molecule has 0 unspecified atom stereocenters. The molecule has 0 bridgehead atoms. The highest BCUT2D eigenvalue weighted by Crippen LogP contribution is 2.72. The van der Waals surface area contributed by atoms with Crippen LogP contribution in [0.15, 0.2) is 0 Å². The van der Waals surface area contributed by atoms with Crippen LogP contribution in [0.4, 0.5) is 0 Å². The summed E-state index contributed by atoms with van der Waals surface area (Å²) in [6, 6.07) is 0. The maximum Gasteiger partial charge on any atom is 0.120 e. The Kier molecular flexibility index (Phi) is 3.11. The lowest BCUT2D eigenvalue weighted by Gasteiger charge is -2.60. The molecular weight excluding hydrogens is 232 g/mol. The second kappa shape index (κ2) is 4.33. The van der Waals surface area contributed by atoms with Crippen molar-refractivity contribution in [3.63, 3.8) is 0 Å². The Morgan fingerprint density at radius 2 is 1.79 bits per heavy atom. The molecule has 0 aromatic heterocycles. The van der Waals surface area contributed by atoms with E-state index in [-0.39, 0.29) is 0 Å². The van der Waals surface area contributed by atoms with Crippen LogP contribution in [-0.2, 0) is 4.79 Å². The normalized spacial score (nSPS) is 42.7. The van der Waals surface area contributed by atoms with Crippen molar-refractivity contribution in [1.82, 2.24) is 0 Å². The fourth-order valence-corrected chi connectivity index (χ4v) is 6.24. The Hall–Kier alpha value is -0.330. The molecule has 108 valence electrons. The third-order valence-electron chi connectivity index (χ3n) is 7.21. The minimum Gasteiger partial charge on any atom is -0.303 e. The first kappa shape index (κ1) is 13.6. The van der Waals surface area contributed by atoms with Crippen molar-refractivity contribution in [2.45, 2.75) is 78.6 Å². The average Bonchev–Trinajstić information content (AvgIpc) is 3.08. The Labute approximate surface area is 118 Å². The molecule has 1 heteroatoms. The second-order valence-electron chi connectivity index (χ2n) is 8.60. The maximum absolute atomic E-state index is 10.9. The molecule has 3 saturated carbocycles. The molecule has 3 aliphatic carbocycles. The van der Waals surface area contributed by atoms with E-state index in [2.05, 4.69) is 20.8 Å². The van der Waals surface area contributed by atoms with E-state index in [4.69, 9.17) is 0 Å². The summed E-state index contributed by atoms with van der Waals surface area (Å²) in [7, 11) is 0. The molecule has 0 saturated heterocycles. The van der Waals surface area contributed by atoms with E-state index in [1.165, 1.54) is 44.9 Å². The minimum absolute atomic E-state index is 0.513. The molecule has 19 heavy (non-hydrogen) atoms. The van der Waals surface area contributed by atoms with Crippen molar-refractivity contribution in [2.24, 2.45) is 28.1 Å². The lowest BCUT2D eigenvalue weighted by Crippen LogP contribution is -2.52. The van der Waals surface area contributed by atoms with Crippen molar-refractivity contribution >= 4 is 6.29 Å². The monoisotopic (exact) mass is 262 g/mol. The van der Waals surface area contributed by atoms with Crippen molar-refractivity contribution in [3.8, 4) is 0 Å². The fourth-order valence-electron chi connectivity index (χ4n) is 6.24. The molecule has 3 atom stereocenters. The van der Waals surface area contributed by atoms with Gasteiger partial charge in [-0.1, -0.05) is 27.2 Å². The van der Waals surface area contributed by atoms with Gasteiger partial charge in [-0.05, 0) is 73.0 Å². The molecule has 1 spiro atoms. The number of aldehydes is 1. The number of carbonyl (C=O) groups is 1. The Morgan fingerprint density at radius 1 is 1.05 bits per heavy atom. The quantitative estimate of drug-likeness (QED) is 0.655. The van der Waals surface area contributed by atoms with E-state index in [0.29, 0.717) is 16.2 Å². The summed E-state index contributed by atoms with van der Waals surface area (Å²) >= 11 is 0. The van der Waals surface area contributed by atoms with Gasteiger partial charge in [0.1, 0.15) is 6.29 Å². The zero-order chi connectivity index (χ0) is 13.7. The van der Waals surface area contributed by atoms with Gasteiger partial charge in [0.25, 0.3) is 0 Å². The van der Waals surface area contributed by atoms with E-state index >= 15 is 0 Å². The molecule has 0 amide bonds. The fraction of sp³-hybridized carbons (Fsp3) is 0.944. The Morgan fingerprint density at radius 3 is 2.42 bits per heavy atom. The van der Waals surface area contributed by atoms with Gasteiger partial charge >= 0.3 is 0 Å². The van der Waals surface area contributed by atoms with Gasteiger partial charge in [0, 0.05) is 6.42 Å². The van der Waals surface area contributed by atoms with Gasteiger partial charge in [0.05, 0.1) is 0 Å². The van der Waals surface area contributed by atoms with E-state index in [0.717, 1.165) is 31.0 Å². The lowest BCUT2D eigenvalue weighted by atomic mass is 9.45. The number of fused-ring (bicyclic) bond motifs is 1. The van der Waals surface area contributed by atoms with Crippen LogP contribution >= 0.6 is 0 Å². The summed E-state index contributed by atoms with van der Waals surface area (Å²) in [5.41, 5.74) is 1.68. The Bertz CT molecular complexity index is 366. The van der Waals surface area contributed by atoms with E-state index < -0.39 is 0 Å². The van der Waals surface area contributed by atoms with Crippen molar-refractivity contribution in [1.29, 1.82) is 0 Å². The molecule has 1 nitrogen and oxygen atoms in total. The van der Waals surface area contributed by atoms with Gasteiger partial charge in [-0.3, -0.25) is 0 Å². The van der Waals surface area contributed by atoms with Crippen LogP contribution < -0.4 is 0 Å². The third-order valence-corrected chi connectivity index (χ3v) is 7.21. The van der Waals surface area contributed by atoms with Crippen LogP contribution in [-0.4, -0.2) is 6.29 Å². The molecule has 0 aromatic carbocycles. The predicted octanol–water partition coefficient (Wildman–Crippen LogP) is 4.99.